The molecule has 2 heteroatoms. The van der Waals surface area contributed by atoms with E-state index in [2.05, 4.69) is 32.8 Å². The molecule has 0 aromatic heterocycles. The van der Waals surface area contributed by atoms with E-state index in [0.29, 0.717) is 0 Å². The van der Waals surface area contributed by atoms with Gasteiger partial charge in [-0.3, -0.25) is 0 Å². The van der Waals surface area contributed by atoms with Gasteiger partial charge in [0.1, 0.15) is 0 Å². The van der Waals surface area contributed by atoms with Gasteiger partial charge in [-0.05, 0) is 14.1 Å². The van der Waals surface area contributed by atoms with Gasteiger partial charge >= 0.3 is 0 Å². The van der Waals surface area contributed by atoms with Crippen LogP contribution in [0, 0.1) is 13.3 Å². The Morgan fingerprint density at radius 3 is 1.56 bits per heavy atom. The minimum atomic E-state index is 0. The van der Waals surface area contributed by atoms with Crippen LogP contribution in [0.2, 0.25) is 0 Å². The first-order valence-electron chi connectivity index (χ1n) is 2.56. The normalized spacial score (nSPS) is 8.67. The summed E-state index contributed by atoms with van der Waals surface area (Å²) in [4.78, 5) is 2.16. The number of hydrogen-bond donors (Lipinski definition) is 0. The molecule has 0 spiro atoms. The third kappa shape index (κ3) is 17.6. The Hall–Kier alpha value is 1.06. The Morgan fingerprint density at radius 2 is 1.56 bits per heavy atom. The van der Waals surface area contributed by atoms with Crippen molar-refractivity contribution in [3.05, 3.63) is 13.3 Å². The van der Waals surface area contributed by atoms with Crippen LogP contribution in [0.3, 0.4) is 0 Å². The van der Waals surface area contributed by atoms with Gasteiger partial charge < -0.3 is 18.2 Å². The van der Waals surface area contributed by atoms with Crippen LogP contribution < -0.4 is 0 Å². The molecule has 0 saturated heterocycles. The van der Waals surface area contributed by atoms with Gasteiger partial charge in [0.2, 0.25) is 0 Å². The molecule has 9 heavy (non-hydrogen) atoms. The molecule has 0 amide bonds. The summed E-state index contributed by atoms with van der Waals surface area (Å²) in [6.07, 6.45) is 0. The summed E-state index contributed by atoms with van der Waals surface area (Å²) in [7, 11) is 4.15. The molecule has 0 atom stereocenters. The summed E-state index contributed by atoms with van der Waals surface area (Å²) in [5, 5.41) is 0. The van der Waals surface area contributed by atoms with Crippen molar-refractivity contribution in [2.24, 2.45) is 0 Å². The van der Waals surface area contributed by atoms with Gasteiger partial charge in [0, 0.05) is 32.7 Å². The Bertz CT molecular complexity index is 38.2. The zero-order valence-corrected chi connectivity index (χ0v) is 10.1. The summed E-state index contributed by atoms with van der Waals surface area (Å²) in [6.45, 7) is 5.39. The van der Waals surface area contributed by atoms with Crippen molar-refractivity contribution < 1.29 is 32.7 Å². The van der Waals surface area contributed by atoms with Gasteiger partial charge in [0.25, 0.3) is 0 Å². The Morgan fingerprint density at radius 1 is 1.22 bits per heavy atom. The molecule has 1 radical (unpaired) electrons. The first kappa shape index (κ1) is 16.6. The SMILES string of the molecule is C[C-](C)CN(C)C.[CH3-].[Y]. The smallest absolute Gasteiger partial charge is 0 e. The Kier molecular flexibility index (Phi) is 16.7. The van der Waals surface area contributed by atoms with Gasteiger partial charge in [-0.1, -0.05) is 0 Å². The fourth-order valence-electron chi connectivity index (χ4n) is 0.632. The van der Waals surface area contributed by atoms with Crippen molar-refractivity contribution in [2.75, 3.05) is 20.6 Å². The summed E-state index contributed by atoms with van der Waals surface area (Å²) >= 11 is 0. The van der Waals surface area contributed by atoms with Crippen molar-refractivity contribution in [3.63, 3.8) is 0 Å². The fraction of sp³-hybridized carbons (Fsp3) is 0.714. The van der Waals surface area contributed by atoms with Gasteiger partial charge in [-0.15, -0.1) is 6.54 Å². The number of hydrogen-bond acceptors (Lipinski definition) is 1. The first-order chi connectivity index (χ1) is 3.13. The van der Waals surface area contributed by atoms with E-state index >= 15 is 0 Å². The molecule has 1 nitrogen and oxygen atoms in total. The molecule has 0 aromatic carbocycles. The molecule has 0 unspecified atom stereocenters. The maximum atomic E-state index is 2.16. The molecule has 0 saturated carbocycles. The molecule has 55 valence electrons. The van der Waals surface area contributed by atoms with E-state index < -0.39 is 0 Å². The number of rotatable bonds is 2. The molecule has 0 fully saturated rings. The molecule has 0 N–H and O–H groups in total. The van der Waals surface area contributed by atoms with E-state index in [0.717, 1.165) is 6.54 Å². The predicted octanol–water partition coefficient (Wildman–Crippen LogP) is 1.61. The van der Waals surface area contributed by atoms with Crippen molar-refractivity contribution in [1.82, 2.24) is 4.90 Å². The third-order valence-electron chi connectivity index (χ3n) is 0.632. The minimum absolute atomic E-state index is 0. The van der Waals surface area contributed by atoms with Crippen LogP contribution in [0.25, 0.3) is 0 Å². The van der Waals surface area contributed by atoms with Crippen LogP contribution in [0.5, 0.6) is 0 Å². The van der Waals surface area contributed by atoms with E-state index in [9.17, 15) is 0 Å². The summed E-state index contributed by atoms with van der Waals surface area (Å²) < 4.78 is 0. The van der Waals surface area contributed by atoms with E-state index in [1.165, 1.54) is 5.92 Å². The molecule has 0 aromatic rings. The zero-order chi connectivity index (χ0) is 5.86. The molecular formula is C7H17NY-2. The second-order valence-electron chi connectivity index (χ2n) is 2.44. The molecule has 0 heterocycles. The Labute approximate surface area is 85.1 Å². The van der Waals surface area contributed by atoms with Crippen molar-refractivity contribution in [3.8, 4) is 0 Å². The van der Waals surface area contributed by atoms with Crippen LogP contribution in [0.4, 0.5) is 0 Å². The number of nitrogens with zero attached hydrogens (tertiary/aromatic N) is 1. The molecule has 0 aliphatic heterocycles. The summed E-state index contributed by atoms with van der Waals surface area (Å²) in [5.74, 6) is 1.46. The zero-order valence-electron chi connectivity index (χ0n) is 7.23. The Balaban J connectivity index is -0.000000180. The van der Waals surface area contributed by atoms with Gasteiger partial charge in [0.15, 0.2) is 0 Å². The maximum Gasteiger partial charge on any atom is 0 e. The molecule has 0 aliphatic carbocycles. The van der Waals surface area contributed by atoms with Crippen molar-refractivity contribution >= 4 is 0 Å². The van der Waals surface area contributed by atoms with Gasteiger partial charge in [-0.25, -0.2) is 0 Å². The molecular weight excluding hydrogens is 187 g/mol. The van der Waals surface area contributed by atoms with E-state index in [1.54, 1.807) is 0 Å². The minimum Gasteiger partial charge on any atom is -0.358 e. The fourth-order valence-corrected chi connectivity index (χ4v) is 0.632. The second kappa shape index (κ2) is 9.06. The standard InChI is InChI=1S/C6H14N.CH3.Y/c1-6(2)5-7(3)4;;/h5H2,1-4H3;1H3;/q2*-1;. The van der Waals surface area contributed by atoms with Crippen LogP contribution in [0.1, 0.15) is 13.8 Å². The van der Waals surface area contributed by atoms with Gasteiger partial charge in [0.05, 0.1) is 0 Å². The third-order valence-corrected chi connectivity index (χ3v) is 0.632. The van der Waals surface area contributed by atoms with Crippen molar-refractivity contribution in [2.45, 2.75) is 13.8 Å². The quantitative estimate of drug-likeness (QED) is 0.617. The summed E-state index contributed by atoms with van der Waals surface area (Å²) in [5.41, 5.74) is 0. The maximum absolute atomic E-state index is 2.16. The predicted molar refractivity (Wildman–Crippen MR) is 39.6 cm³/mol. The first-order valence-corrected chi connectivity index (χ1v) is 2.56. The largest absolute Gasteiger partial charge is 0.358 e. The molecule has 0 bridgehead atoms. The van der Waals surface area contributed by atoms with Gasteiger partial charge in [-0.2, -0.15) is 13.8 Å². The van der Waals surface area contributed by atoms with Crippen LogP contribution in [0.15, 0.2) is 0 Å². The topological polar surface area (TPSA) is 3.24 Å². The average molecular weight is 204 g/mol. The molecule has 0 rings (SSSR count). The molecule has 0 aliphatic rings. The average Bonchev–Trinajstić information content (AvgIpc) is 1.27. The van der Waals surface area contributed by atoms with E-state index in [1.807, 2.05) is 0 Å². The van der Waals surface area contributed by atoms with Crippen LogP contribution in [-0.2, 0) is 32.7 Å². The van der Waals surface area contributed by atoms with E-state index in [4.69, 9.17) is 0 Å². The van der Waals surface area contributed by atoms with Crippen LogP contribution >= 0.6 is 0 Å². The monoisotopic (exact) mass is 204 g/mol. The van der Waals surface area contributed by atoms with Crippen molar-refractivity contribution in [1.29, 1.82) is 0 Å². The van der Waals surface area contributed by atoms with E-state index in [-0.39, 0.29) is 40.1 Å². The van der Waals surface area contributed by atoms with Crippen LogP contribution in [-0.4, -0.2) is 25.5 Å². The summed E-state index contributed by atoms with van der Waals surface area (Å²) in [6, 6.07) is 0. The second-order valence-corrected chi connectivity index (χ2v) is 2.44.